The highest BCUT2D eigenvalue weighted by Crippen LogP contribution is 1.92. The van der Waals surface area contributed by atoms with Crippen molar-refractivity contribution >= 4 is 5.91 Å². The fourth-order valence-electron chi connectivity index (χ4n) is 1.20. The first-order chi connectivity index (χ1) is 7.31. The van der Waals surface area contributed by atoms with Crippen LogP contribution in [0.5, 0.6) is 0 Å². The molecule has 3 heteroatoms. The first-order valence-corrected chi connectivity index (χ1v) is 6.15. The van der Waals surface area contributed by atoms with E-state index in [0.717, 1.165) is 32.4 Å². The van der Waals surface area contributed by atoms with Crippen molar-refractivity contribution < 1.29 is 9.53 Å². The molecule has 0 radical (unpaired) electrons. The average molecular weight is 215 g/mol. The third-order valence-corrected chi connectivity index (χ3v) is 2.22. The second-order valence-electron chi connectivity index (χ2n) is 3.77. The molecule has 0 aliphatic heterocycles. The van der Waals surface area contributed by atoms with Gasteiger partial charge in [-0.1, -0.05) is 33.1 Å². The highest BCUT2D eigenvalue weighted by atomic mass is 16.5. The summed E-state index contributed by atoms with van der Waals surface area (Å²) in [6, 6.07) is 0. The predicted molar refractivity (Wildman–Crippen MR) is 62.9 cm³/mol. The Morgan fingerprint density at radius 1 is 1.07 bits per heavy atom. The number of rotatable bonds is 10. The lowest BCUT2D eigenvalue weighted by molar-refractivity contribution is -0.122. The number of nitrogens with one attached hydrogen (secondary N) is 1. The van der Waals surface area contributed by atoms with Crippen LogP contribution < -0.4 is 5.32 Å². The first kappa shape index (κ1) is 14.4. The topological polar surface area (TPSA) is 38.3 Å². The summed E-state index contributed by atoms with van der Waals surface area (Å²) in [7, 11) is 0. The van der Waals surface area contributed by atoms with Crippen LogP contribution in [0.3, 0.4) is 0 Å². The third-order valence-electron chi connectivity index (χ3n) is 2.22. The zero-order valence-corrected chi connectivity index (χ0v) is 10.2. The van der Waals surface area contributed by atoms with Gasteiger partial charge >= 0.3 is 0 Å². The summed E-state index contributed by atoms with van der Waals surface area (Å²) in [5, 5.41) is 2.89. The summed E-state index contributed by atoms with van der Waals surface area (Å²) in [5.74, 6) is 0.114. The van der Waals surface area contributed by atoms with Crippen LogP contribution in [-0.4, -0.2) is 25.7 Å². The molecule has 0 saturated carbocycles. The van der Waals surface area contributed by atoms with E-state index in [0.29, 0.717) is 13.0 Å². The molecular weight excluding hydrogens is 190 g/mol. The molecule has 0 aromatic heterocycles. The van der Waals surface area contributed by atoms with E-state index in [1.54, 1.807) is 0 Å². The minimum absolute atomic E-state index is 0.114. The van der Waals surface area contributed by atoms with E-state index in [-0.39, 0.29) is 5.91 Å². The quantitative estimate of drug-likeness (QED) is 0.569. The van der Waals surface area contributed by atoms with Gasteiger partial charge in [0, 0.05) is 19.6 Å². The molecule has 1 amide bonds. The average Bonchev–Trinajstić information content (AvgIpc) is 2.24. The lowest BCUT2D eigenvalue weighted by atomic mass is 10.2. The fraction of sp³-hybridized carbons (Fsp3) is 0.917. The SMILES string of the molecule is CCCCCNC(=O)CCOCCCC. The molecule has 0 aliphatic carbocycles. The normalized spacial score (nSPS) is 10.3. The van der Waals surface area contributed by atoms with Crippen LogP contribution in [0.4, 0.5) is 0 Å². The Kier molecular flexibility index (Phi) is 11.1. The van der Waals surface area contributed by atoms with Gasteiger partial charge in [-0.15, -0.1) is 0 Å². The van der Waals surface area contributed by atoms with Gasteiger partial charge in [-0.25, -0.2) is 0 Å². The molecule has 0 heterocycles. The van der Waals surface area contributed by atoms with Crippen LogP contribution in [0.2, 0.25) is 0 Å². The summed E-state index contributed by atoms with van der Waals surface area (Å²) in [6.07, 6.45) is 6.18. The Hall–Kier alpha value is -0.570. The molecule has 0 aromatic rings. The second-order valence-corrected chi connectivity index (χ2v) is 3.77. The van der Waals surface area contributed by atoms with Crippen LogP contribution in [0.15, 0.2) is 0 Å². The van der Waals surface area contributed by atoms with Crippen LogP contribution in [0, 0.1) is 0 Å². The number of hydrogen-bond acceptors (Lipinski definition) is 2. The maximum atomic E-state index is 11.2. The lowest BCUT2D eigenvalue weighted by Crippen LogP contribution is -2.25. The van der Waals surface area contributed by atoms with Crippen LogP contribution in [-0.2, 0) is 9.53 Å². The number of amides is 1. The molecule has 0 unspecified atom stereocenters. The Morgan fingerprint density at radius 3 is 2.47 bits per heavy atom. The van der Waals surface area contributed by atoms with Crippen LogP contribution in [0.1, 0.15) is 52.4 Å². The minimum Gasteiger partial charge on any atom is -0.381 e. The first-order valence-electron chi connectivity index (χ1n) is 6.15. The number of carbonyl (C=O) groups is 1. The minimum atomic E-state index is 0.114. The highest BCUT2D eigenvalue weighted by molar-refractivity contribution is 5.75. The molecule has 90 valence electrons. The van der Waals surface area contributed by atoms with E-state index >= 15 is 0 Å². The molecule has 1 N–H and O–H groups in total. The maximum Gasteiger partial charge on any atom is 0.222 e. The number of hydrogen-bond donors (Lipinski definition) is 1. The number of carbonyl (C=O) groups excluding carboxylic acids is 1. The van der Waals surface area contributed by atoms with Crippen molar-refractivity contribution in [3.8, 4) is 0 Å². The van der Waals surface area contributed by atoms with Gasteiger partial charge in [0.2, 0.25) is 5.91 Å². The third kappa shape index (κ3) is 11.4. The number of ether oxygens (including phenoxy) is 1. The van der Waals surface area contributed by atoms with E-state index in [1.807, 2.05) is 0 Å². The van der Waals surface area contributed by atoms with Gasteiger partial charge in [-0.3, -0.25) is 4.79 Å². The van der Waals surface area contributed by atoms with Crippen LogP contribution >= 0.6 is 0 Å². The summed E-state index contributed by atoms with van der Waals surface area (Å²) in [4.78, 5) is 11.2. The Morgan fingerprint density at radius 2 is 1.80 bits per heavy atom. The van der Waals surface area contributed by atoms with E-state index in [1.165, 1.54) is 12.8 Å². The molecule has 0 aliphatic rings. The van der Waals surface area contributed by atoms with Crippen molar-refractivity contribution in [3.63, 3.8) is 0 Å². The van der Waals surface area contributed by atoms with Gasteiger partial charge in [-0.2, -0.15) is 0 Å². The van der Waals surface area contributed by atoms with Gasteiger partial charge in [0.1, 0.15) is 0 Å². The van der Waals surface area contributed by atoms with E-state index in [2.05, 4.69) is 19.2 Å². The van der Waals surface area contributed by atoms with Crippen molar-refractivity contribution in [3.05, 3.63) is 0 Å². The molecule has 0 atom stereocenters. The van der Waals surface area contributed by atoms with Gasteiger partial charge in [-0.05, 0) is 12.8 Å². The Labute approximate surface area is 93.6 Å². The smallest absolute Gasteiger partial charge is 0.222 e. The van der Waals surface area contributed by atoms with Crippen molar-refractivity contribution in [1.82, 2.24) is 5.32 Å². The van der Waals surface area contributed by atoms with Crippen molar-refractivity contribution in [2.24, 2.45) is 0 Å². The lowest BCUT2D eigenvalue weighted by Gasteiger charge is -2.05. The maximum absolute atomic E-state index is 11.2. The molecule has 0 aromatic carbocycles. The van der Waals surface area contributed by atoms with Gasteiger partial charge in [0.15, 0.2) is 0 Å². The monoisotopic (exact) mass is 215 g/mol. The van der Waals surface area contributed by atoms with Crippen molar-refractivity contribution in [1.29, 1.82) is 0 Å². The molecule has 3 nitrogen and oxygen atoms in total. The van der Waals surface area contributed by atoms with Gasteiger partial charge in [0.25, 0.3) is 0 Å². The molecule has 0 spiro atoms. The molecule has 0 saturated heterocycles. The van der Waals surface area contributed by atoms with E-state index < -0.39 is 0 Å². The molecule has 0 bridgehead atoms. The molecule has 15 heavy (non-hydrogen) atoms. The largest absolute Gasteiger partial charge is 0.381 e. The Balaban J connectivity index is 3.11. The zero-order valence-electron chi connectivity index (χ0n) is 10.2. The molecule has 0 rings (SSSR count). The van der Waals surface area contributed by atoms with Crippen molar-refractivity contribution in [2.75, 3.05) is 19.8 Å². The molecule has 0 fully saturated rings. The van der Waals surface area contributed by atoms with Gasteiger partial charge < -0.3 is 10.1 Å². The summed E-state index contributed by atoms with van der Waals surface area (Å²) < 4.78 is 5.31. The predicted octanol–water partition coefficient (Wildman–Crippen LogP) is 2.50. The van der Waals surface area contributed by atoms with E-state index in [4.69, 9.17) is 4.74 Å². The summed E-state index contributed by atoms with van der Waals surface area (Å²) in [6.45, 7) is 6.42. The fourth-order valence-corrected chi connectivity index (χ4v) is 1.20. The van der Waals surface area contributed by atoms with Gasteiger partial charge in [0.05, 0.1) is 6.61 Å². The zero-order chi connectivity index (χ0) is 11.4. The van der Waals surface area contributed by atoms with Crippen LogP contribution in [0.25, 0.3) is 0 Å². The highest BCUT2D eigenvalue weighted by Gasteiger charge is 1.99. The standard InChI is InChI=1S/C12H25NO2/c1-3-5-7-9-13-12(14)8-11-15-10-6-4-2/h3-11H2,1-2H3,(H,13,14). The van der Waals surface area contributed by atoms with E-state index in [9.17, 15) is 4.79 Å². The summed E-state index contributed by atoms with van der Waals surface area (Å²) >= 11 is 0. The van der Waals surface area contributed by atoms with Crippen molar-refractivity contribution in [2.45, 2.75) is 52.4 Å². The number of unbranched alkanes of at least 4 members (excludes halogenated alkanes) is 3. The molecular formula is C12H25NO2. The summed E-state index contributed by atoms with van der Waals surface area (Å²) in [5.41, 5.74) is 0. The Bertz CT molecular complexity index is 149. The second kappa shape index (κ2) is 11.5.